The maximum absolute atomic E-state index is 5.55. The van der Waals surface area contributed by atoms with Gasteiger partial charge in [0.2, 0.25) is 0 Å². The molecule has 4 heteroatoms. The smallest absolute Gasteiger partial charge is 0.163 e. The first-order chi connectivity index (χ1) is 8.58. The van der Waals surface area contributed by atoms with Crippen molar-refractivity contribution in [1.29, 1.82) is 0 Å². The maximum Gasteiger partial charge on any atom is 0.163 e. The molecule has 2 saturated heterocycles. The van der Waals surface area contributed by atoms with E-state index in [-0.39, 0.29) is 23.1 Å². The van der Waals surface area contributed by atoms with Gasteiger partial charge in [0.1, 0.15) is 0 Å². The quantitative estimate of drug-likeness (QED) is 0.735. The fourth-order valence-electron chi connectivity index (χ4n) is 1.85. The summed E-state index contributed by atoms with van der Waals surface area (Å²) in [5, 5.41) is 0. The van der Waals surface area contributed by atoms with E-state index >= 15 is 0 Å². The van der Waals surface area contributed by atoms with Crippen LogP contribution in [0.4, 0.5) is 0 Å². The van der Waals surface area contributed by atoms with E-state index in [4.69, 9.17) is 18.9 Å². The molecule has 0 aliphatic carbocycles. The van der Waals surface area contributed by atoms with Crippen LogP contribution in [-0.4, -0.2) is 37.5 Å². The maximum atomic E-state index is 5.55. The number of hydrogen-bond donors (Lipinski definition) is 0. The molecule has 19 heavy (non-hydrogen) atoms. The van der Waals surface area contributed by atoms with Gasteiger partial charge in [-0.25, -0.2) is 0 Å². The molecule has 0 aromatic heterocycles. The Morgan fingerprint density at radius 1 is 0.895 bits per heavy atom. The van der Waals surface area contributed by atoms with Crippen LogP contribution >= 0.6 is 0 Å². The summed E-state index contributed by atoms with van der Waals surface area (Å²) in [6, 6.07) is 0. The molecule has 2 aliphatic rings. The van der Waals surface area contributed by atoms with Crippen molar-refractivity contribution in [2.24, 2.45) is 5.41 Å². The molecule has 0 bridgehead atoms. The molecular weight excluding hydrogens is 244 g/mol. The van der Waals surface area contributed by atoms with Gasteiger partial charge in [-0.2, -0.15) is 0 Å². The van der Waals surface area contributed by atoms with Crippen molar-refractivity contribution < 1.29 is 18.9 Å². The highest BCUT2D eigenvalue weighted by Crippen LogP contribution is 2.31. The first-order valence-electron chi connectivity index (χ1n) is 7.17. The van der Waals surface area contributed by atoms with Crippen molar-refractivity contribution in [3.8, 4) is 0 Å². The van der Waals surface area contributed by atoms with E-state index in [0.717, 1.165) is 26.2 Å². The third-order valence-corrected chi connectivity index (χ3v) is 3.54. The summed E-state index contributed by atoms with van der Waals surface area (Å²) >= 11 is 0. The molecular formula is C15H30O4. The van der Waals surface area contributed by atoms with Crippen LogP contribution in [-0.2, 0) is 18.9 Å². The van der Waals surface area contributed by atoms with Crippen molar-refractivity contribution in [2.45, 2.75) is 72.6 Å². The van der Waals surface area contributed by atoms with Crippen molar-refractivity contribution in [2.75, 3.05) is 19.8 Å². The Balaban J connectivity index is 0.000000200. The zero-order valence-corrected chi connectivity index (χ0v) is 13.5. The molecule has 114 valence electrons. The van der Waals surface area contributed by atoms with Crippen LogP contribution in [0.2, 0.25) is 0 Å². The van der Waals surface area contributed by atoms with Gasteiger partial charge in [-0.3, -0.25) is 0 Å². The topological polar surface area (TPSA) is 36.9 Å². The third-order valence-electron chi connectivity index (χ3n) is 3.54. The first-order valence-corrected chi connectivity index (χ1v) is 7.17. The summed E-state index contributed by atoms with van der Waals surface area (Å²) in [5.74, 6) is -0.700. The summed E-state index contributed by atoms with van der Waals surface area (Å²) < 4.78 is 21.7. The molecule has 0 unspecified atom stereocenters. The van der Waals surface area contributed by atoms with E-state index in [1.165, 1.54) is 0 Å². The lowest BCUT2D eigenvalue weighted by atomic mass is 9.89. The molecule has 2 fully saturated rings. The van der Waals surface area contributed by atoms with E-state index in [0.29, 0.717) is 0 Å². The van der Waals surface area contributed by atoms with Crippen molar-refractivity contribution in [3.63, 3.8) is 0 Å². The highest BCUT2D eigenvalue weighted by Gasteiger charge is 2.35. The molecule has 0 radical (unpaired) electrons. The minimum absolute atomic E-state index is 0.232. The SMILES string of the molecule is CCC1(C)COC(C)(C)OC1.C[C@@H]1COC(C)(C)O1. The Labute approximate surface area is 117 Å². The van der Waals surface area contributed by atoms with Gasteiger partial charge in [-0.15, -0.1) is 0 Å². The van der Waals surface area contributed by atoms with Crippen molar-refractivity contribution in [3.05, 3.63) is 0 Å². The Morgan fingerprint density at radius 2 is 1.42 bits per heavy atom. The Morgan fingerprint density at radius 3 is 1.68 bits per heavy atom. The molecule has 0 amide bonds. The van der Waals surface area contributed by atoms with E-state index in [1.807, 2.05) is 34.6 Å². The van der Waals surface area contributed by atoms with Crippen LogP contribution in [0.1, 0.15) is 54.9 Å². The minimum Gasteiger partial charge on any atom is -0.350 e. The molecule has 0 spiro atoms. The predicted octanol–water partition coefficient (Wildman–Crippen LogP) is 3.34. The van der Waals surface area contributed by atoms with Crippen LogP contribution < -0.4 is 0 Å². The van der Waals surface area contributed by atoms with E-state index in [1.54, 1.807) is 0 Å². The monoisotopic (exact) mass is 274 g/mol. The predicted molar refractivity (Wildman–Crippen MR) is 75.0 cm³/mol. The molecule has 0 saturated carbocycles. The lowest BCUT2D eigenvalue weighted by Crippen LogP contribution is -2.44. The second kappa shape index (κ2) is 6.08. The van der Waals surface area contributed by atoms with E-state index < -0.39 is 0 Å². The average Bonchev–Trinajstić information content (AvgIpc) is 2.62. The van der Waals surface area contributed by atoms with Crippen molar-refractivity contribution >= 4 is 0 Å². The fourth-order valence-corrected chi connectivity index (χ4v) is 1.85. The van der Waals surface area contributed by atoms with Crippen LogP contribution in [0, 0.1) is 5.41 Å². The highest BCUT2D eigenvalue weighted by atomic mass is 16.7. The van der Waals surface area contributed by atoms with Gasteiger partial charge in [-0.1, -0.05) is 13.8 Å². The zero-order valence-electron chi connectivity index (χ0n) is 13.5. The summed E-state index contributed by atoms with van der Waals surface area (Å²) in [6.07, 6.45) is 1.38. The van der Waals surface area contributed by atoms with Gasteiger partial charge in [0.25, 0.3) is 0 Å². The van der Waals surface area contributed by atoms with Gasteiger partial charge >= 0.3 is 0 Å². The minimum atomic E-state index is -0.366. The first kappa shape index (κ1) is 16.9. The average molecular weight is 274 g/mol. The molecule has 2 heterocycles. The Kier molecular flexibility index (Phi) is 5.41. The highest BCUT2D eigenvalue weighted by molar-refractivity contribution is 4.77. The van der Waals surface area contributed by atoms with Gasteiger partial charge in [0.15, 0.2) is 11.6 Å². The van der Waals surface area contributed by atoms with Gasteiger partial charge < -0.3 is 18.9 Å². The van der Waals surface area contributed by atoms with Gasteiger partial charge in [-0.05, 0) is 41.0 Å². The summed E-state index contributed by atoms with van der Waals surface area (Å²) in [5.41, 5.74) is 0.232. The van der Waals surface area contributed by atoms with Crippen LogP contribution in [0.15, 0.2) is 0 Å². The van der Waals surface area contributed by atoms with E-state index in [9.17, 15) is 0 Å². The summed E-state index contributed by atoms with van der Waals surface area (Å²) in [7, 11) is 0. The lowest BCUT2D eigenvalue weighted by Gasteiger charge is -2.40. The third kappa shape index (κ3) is 5.78. The van der Waals surface area contributed by atoms with Gasteiger partial charge in [0, 0.05) is 5.41 Å². The summed E-state index contributed by atoms with van der Waals surface area (Å²) in [6.45, 7) is 16.5. The zero-order chi connectivity index (χ0) is 14.7. The Bertz CT molecular complexity index is 276. The van der Waals surface area contributed by atoms with Gasteiger partial charge in [0.05, 0.1) is 25.9 Å². The van der Waals surface area contributed by atoms with Crippen LogP contribution in [0.25, 0.3) is 0 Å². The molecule has 2 rings (SSSR count). The lowest BCUT2D eigenvalue weighted by molar-refractivity contribution is -0.282. The molecule has 0 aromatic carbocycles. The normalized spacial score (nSPS) is 31.4. The molecule has 1 atom stereocenters. The van der Waals surface area contributed by atoms with Crippen LogP contribution in [0.5, 0.6) is 0 Å². The van der Waals surface area contributed by atoms with E-state index in [2.05, 4.69) is 13.8 Å². The molecule has 0 N–H and O–H groups in total. The number of rotatable bonds is 1. The second-order valence-corrected chi connectivity index (χ2v) is 6.78. The standard InChI is InChI=1S/C9H18O2.C6H12O2/c1-5-9(4)6-10-8(2,3)11-7-9;1-5-4-7-6(2,3)8-5/h5-7H2,1-4H3;5H,4H2,1-3H3/t;5-/m.1/s1. The molecule has 4 nitrogen and oxygen atoms in total. The second-order valence-electron chi connectivity index (χ2n) is 6.78. The molecule has 0 aromatic rings. The summed E-state index contributed by atoms with van der Waals surface area (Å²) in [4.78, 5) is 0. The molecule has 2 aliphatic heterocycles. The largest absolute Gasteiger partial charge is 0.350 e. The van der Waals surface area contributed by atoms with Crippen LogP contribution in [0.3, 0.4) is 0 Å². The fraction of sp³-hybridized carbons (Fsp3) is 1.00. The number of ether oxygens (including phenoxy) is 4. The Hall–Kier alpha value is -0.160. The van der Waals surface area contributed by atoms with Crippen molar-refractivity contribution in [1.82, 2.24) is 0 Å². The number of hydrogen-bond acceptors (Lipinski definition) is 4.